The summed E-state index contributed by atoms with van der Waals surface area (Å²) in [7, 11) is -2.13. The minimum absolute atomic E-state index is 0.0737. The zero-order valence-corrected chi connectivity index (χ0v) is 12.7. The molecule has 0 aliphatic rings. The minimum atomic E-state index is -3.63. The van der Waals surface area contributed by atoms with Gasteiger partial charge in [0, 0.05) is 7.05 Å². The summed E-state index contributed by atoms with van der Waals surface area (Å²) in [4.78, 5) is 11.2. The molecule has 0 radical (unpaired) electrons. The quantitative estimate of drug-likeness (QED) is 0.788. The van der Waals surface area contributed by atoms with Gasteiger partial charge in [0.25, 0.3) is 5.91 Å². The van der Waals surface area contributed by atoms with Crippen molar-refractivity contribution < 1.29 is 22.4 Å². The number of furan rings is 1. The third-order valence-corrected chi connectivity index (χ3v) is 4.22. The highest BCUT2D eigenvalue weighted by molar-refractivity contribution is 7.89. The molecule has 0 saturated heterocycles. The SMILES string of the molecule is CNC(=O)COc1ccc(S(=O)(=O)NCc2ccco2)cc1. The molecule has 8 heteroatoms. The fourth-order valence-corrected chi connectivity index (χ4v) is 2.59. The Hall–Kier alpha value is -2.32. The molecule has 0 spiro atoms. The minimum Gasteiger partial charge on any atom is -0.484 e. The highest BCUT2D eigenvalue weighted by Gasteiger charge is 2.14. The number of hydrogen-bond acceptors (Lipinski definition) is 5. The molecule has 118 valence electrons. The van der Waals surface area contributed by atoms with Crippen LogP contribution in [0.3, 0.4) is 0 Å². The molecule has 0 aliphatic carbocycles. The van der Waals surface area contributed by atoms with Gasteiger partial charge in [-0.3, -0.25) is 4.79 Å². The molecule has 0 unspecified atom stereocenters. The molecule has 0 atom stereocenters. The molecule has 2 aromatic rings. The van der Waals surface area contributed by atoms with E-state index in [9.17, 15) is 13.2 Å². The summed E-state index contributed by atoms with van der Waals surface area (Å²) < 4.78 is 36.9. The van der Waals surface area contributed by atoms with E-state index in [2.05, 4.69) is 10.0 Å². The van der Waals surface area contributed by atoms with E-state index in [-0.39, 0.29) is 24.0 Å². The van der Waals surface area contributed by atoms with Gasteiger partial charge in [-0.15, -0.1) is 0 Å². The van der Waals surface area contributed by atoms with Crippen LogP contribution in [0, 0.1) is 0 Å². The van der Waals surface area contributed by atoms with Crippen molar-refractivity contribution in [1.82, 2.24) is 10.0 Å². The summed E-state index contributed by atoms with van der Waals surface area (Å²) in [5.74, 6) is 0.666. The number of carbonyl (C=O) groups excluding carboxylic acids is 1. The van der Waals surface area contributed by atoms with Gasteiger partial charge in [-0.05, 0) is 36.4 Å². The standard InChI is InChI=1S/C14H16N2O5S/c1-15-14(17)10-21-11-4-6-13(7-5-11)22(18,19)16-9-12-3-2-8-20-12/h2-8,16H,9-10H2,1H3,(H,15,17). The average molecular weight is 324 g/mol. The Morgan fingerprint density at radius 1 is 1.23 bits per heavy atom. The van der Waals surface area contributed by atoms with Gasteiger partial charge < -0.3 is 14.5 Å². The predicted octanol–water partition coefficient (Wildman–Crippen LogP) is 0.883. The van der Waals surface area contributed by atoms with Crippen LogP contribution in [0.15, 0.2) is 52.0 Å². The molecule has 0 fully saturated rings. The number of carbonyl (C=O) groups is 1. The van der Waals surface area contributed by atoms with Crippen molar-refractivity contribution in [2.24, 2.45) is 0 Å². The lowest BCUT2D eigenvalue weighted by Crippen LogP contribution is -2.25. The van der Waals surface area contributed by atoms with Crippen molar-refractivity contribution in [3.8, 4) is 5.75 Å². The largest absolute Gasteiger partial charge is 0.484 e. The first-order valence-electron chi connectivity index (χ1n) is 6.47. The molecule has 0 bridgehead atoms. The first-order valence-corrected chi connectivity index (χ1v) is 7.95. The molecule has 2 rings (SSSR count). The predicted molar refractivity (Wildman–Crippen MR) is 78.7 cm³/mol. The van der Waals surface area contributed by atoms with Crippen molar-refractivity contribution in [3.05, 3.63) is 48.4 Å². The maximum absolute atomic E-state index is 12.1. The van der Waals surface area contributed by atoms with E-state index in [0.717, 1.165) is 0 Å². The van der Waals surface area contributed by atoms with Gasteiger partial charge in [0.1, 0.15) is 11.5 Å². The summed E-state index contributed by atoms with van der Waals surface area (Å²) in [5.41, 5.74) is 0. The zero-order chi connectivity index (χ0) is 16.0. The lowest BCUT2D eigenvalue weighted by atomic mass is 10.3. The Morgan fingerprint density at radius 2 is 1.95 bits per heavy atom. The van der Waals surface area contributed by atoms with Crippen LogP contribution >= 0.6 is 0 Å². The second-order valence-electron chi connectivity index (χ2n) is 4.34. The smallest absolute Gasteiger partial charge is 0.257 e. The van der Waals surface area contributed by atoms with E-state index < -0.39 is 10.0 Å². The highest BCUT2D eigenvalue weighted by Crippen LogP contribution is 2.16. The van der Waals surface area contributed by atoms with Crippen LogP contribution in [0.1, 0.15) is 5.76 Å². The van der Waals surface area contributed by atoms with Crippen molar-refractivity contribution in [2.75, 3.05) is 13.7 Å². The van der Waals surface area contributed by atoms with E-state index >= 15 is 0 Å². The Labute approximate surface area is 128 Å². The Balaban J connectivity index is 1.97. The Morgan fingerprint density at radius 3 is 2.55 bits per heavy atom. The fourth-order valence-electron chi connectivity index (χ4n) is 1.60. The van der Waals surface area contributed by atoms with Crippen LogP contribution in [0.5, 0.6) is 5.75 Å². The summed E-state index contributed by atoms with van der Waals surface area (Å²) in [6, 6.07) is 9.16. The summed E-state index contributed by atoms with van der Waals surface area (Å²) in [5, 5.41) is 2.42. The van der Waals surface area contributed by atoms with Gasteiger partial charge in [-0.2, -0.15) is 0 Å². The molecular formula is C14H16N2O5S. The number of benzene rings is 1. The number of hydrogen-bond donors (Lipinski definition) is 2. The molecule has 7 nitrogen and oxygen atoms in total. The van der Waals surface area contributed by atoms with Crippen molar-refractivity contribution >= 4 is 15.9 Å². The summed E-state index contributed by atoms with van der Waals surface area (Å²) in [6.45, 7) is -0.0520. The molecule has 1 amide bonds. The first-order chi connectivity index (χ1) is 10.5. The van der Waals surface area contributed by atoms with Crippen molar-refractivity contribution in [1.29, 1.82) is 0 Å². The maximum atomic E-state index is 12.1. The third-order valence-electron chi connectivity index (χ3n) is 2.80. The van der Waals surface area contributed by atoms with E-state index in [1.54, 1.807) is 12.1 Å². The molecule has 2 N–H and O–H groups in total. The molecular weight excluding hydrogens is 308 g/mol. The number of rotatable bonds is 7. The second kappa shape index (κ2) is 7.10. The number of sulfonamides is 1. The molecule has 1 heterocycles. The van der Waals surface area contributed by atoms with Gasteiger partial charge in [-0.25, -0.2) is 13.1 Å². The number of ether oxygens (including phenoxy) is 1. The number of amides is 1. The lowest BCUT2D eigenvalue weighted by Gasteiger charge is -2.08. The van der Waals surface area contributed by atoms with Crippen LogP contribution in [-0.2, 0) is 21.4 Å². The monoisotopic (exact) mass is 324 g/mol. The third kappa shape index (κ3) is 4.34. The van der Waals surface area contributed by atoms with E-state index in [1.807, 2.05) is 0 Å². The van der Waals surface area contributed by atoms with Gasteiger partial charge in [0.2, 0.25) is 10.0 Å². The van der Waals surface area contributed by atoms with Crippen molar-refractivity contribution in [3.63, 3.8) is 0 Å². The van der Waals surface area contributed by atoms with E-state index in [4.69, 9.17) is 9.15 Å². The fraction of sp³-hybridized carbons (Fsp3) is 0.214. The second-order valence-corrected chi connectivity index (χ2v) is 6.10. The van der Waals surface area contributed by atoms with Gasteiger partial charge in [-0.1, -0.05) is 0 Å². The van der Waals surface area contributed by atoms with Crippen LogP contribution in [0.25, 0.3) is 0 Å². The Bertz CT molecular complexity index is 708. The summed E-state index contributed by atoms with van der Waals surface area (Å²) >= 11 is 0. The first kappa shape index (κ1) is 16.1. The topological polar surface area (TPSA) is 97.6 Å². The number of likely N-dealkylation sites (N-methyl/N-ethyl adjacent to an activating group) is 1. The average Bonchev–Trinajstić information content (AvgIpc) is 3.04. The van der Waals surface area contributed by atoms with Gasteiger partial charge in [0.15, 0.2) is 6.61 Å². The van der Waals surface area contributed by atoms with Gasteiger partial charge >= 0.3 is 0 Å². The van der Waals surface area contributed by atoms with Crippen LogP contribution in [-0.4, -0.2) is 28.0 Å². The number of nitrogens with one attached hydrogen (secondary N) is 2. The van der Waals surface area contributed by atoms with Crippen LogP contribution in [0.2, 0.25) is 0 Å². The van der Waals surface area contributed by atoms with E-state index in [1.165, 1.54) is 37.6 Å². The molecule has 0 aliphatic heterocycles. The molecule has 22 heavy (non-hydrogen) atoms. The van der Waals surface area contributed by atoms with E-state index in [0.29, 0.717) is 11.5 Å². The van der Waals surface area contributed by atoms with Crippen molar-refractivity contribution in [2.45, 2.75) is 11.4 Å². The normalized spacial score (nSPS) is 11.1. The van der Waals surface area contributed by atoms with Gasteiger partial charge in [0.05, 0.1) is 17.7 Å². The van der Waals surface area contributed by atoms with Crippen LogP contribution in [0.4, 0.5) is 0 Å². The Kier molecular flexibility index (Phi) is 5.18. The maximum Gasteiger partial charge on any atom is 0.257 e. The van der Waals surface area contributed by atoms with Crippen LogP contribution < -0.4 is 14.8 Å². The molecule has 1 aromatic carbocycles. The molecule has 0 saturated carbocycles. The summed E-state index contributed by atoms with van der Waals surface area (Å²) in [6.07, 6.45) is 1.47. The highest BCUT2D eigenvalue weighted by atomic mass is 32.2. The molecule has 1 aromatic heterocycles. The lowest BCUT2D eigenvalue weighted by molar-refractivity contribution is -0.122. The zero-order valence-electron chi connectivity index (χ0n) is 11.9.